The highest BCUT2D eigenvalue weighted by atomic mass is 19.1. The summed E-state index contributed by atoms with van der Waals surface area (Å²) in [6.45, 7) is 3.95. The number of nitrogens with two attached hydrogens (primary N) is 1. The highest BCUT2D eigenvalue weighted by Crippen LogP contribution is 2.27. The summed E-state index contributed by atoms with van der Waals surface area (Å²) < 4.78 is 13.8. The van der Waals surface area contributed by atoms with Gasteiger partial charge < -0.3 is 10.8 Å². The summed E-state index contributed by atoms with van der Waals surface area (Å²) in [7, 11) is 0. The number of benzene rings is 1. The third-order valence-electron chi connectivity index (χ3n) is 3.07. The van der Waals surface area contributed by atoms with E-state index in [1.54, 1.807) is 12.1 Å². The SMILES string of the molecule is CCC(CC)c1ccc(C(N)CO)cc1F. The van der Waals surface area contributed by atoms with E-state index in [0.29, 0.717) is 5.56 Å². The van der Waals surface area contributed by atoms with E-state index in [2.05, 4.69) is 13.8 Å². The average Bonchev–Trinajstić information content (AvgIpc) is 2.31. The van der Waals surface area contributed by atoms with E-state index < -0.39 is 6.04 Å². The minimum atomic E-state index is -0.495. The molecule has 3 heteroatoms. The van der Waals surface area contributed by atoms with Gasteiger partial charge in [0.15, 0.2) is 0 Å². The van der Waals surface area contributed by atoms with Gasteiger partial charge in [-0.2, -0.15) is 0 Å². The summed E-state index contributed by atoms with van der Waals surface area (Å²) in [5.74, 6) is 0.0505. The fraction of sp³-hybridized carbons (Fsp3) is 0.538. The molecular weight excluding hydrogens is 205 g/mol. The summed E-state index contributed by atoms with van der Waals surface area (Å²) in [6.07, 6.45) is 1.86. The van der Waals surface area contributed by atoms with Gasteiger partial charge in [0, 0.05) is 0 Å². The lowest BCUT2D eigenvalue weighted by molar-refractivity contribution is 0.267. The number of hydrogen-bond donors (Lipinski definition) is 2. The van der Waals surface area contributed by atoms with Crippen molar-refractivity contribution < 1.29 is 9.50 Å². The fourth-order valence-corrected chi connectivity index (χ4v) is 1.94. The third kappa shape index (κ3) is 2.80. The first-order valence-corrected chi connectivity index (χ1v) is 5.79. The maximum atomic E-state index is 13.8. The molecule has 0 aliphatic carbocycles. The number of halogens is 1. The summed E-state index contributed by atoms with van der Waals surface area (Å²) in [6, 6.07) is 4.54. The van der Waals surface area contributed by atoms with Crippen molar-refractivity contribution in [3.8, 4) is 0 Å². The average molecular weight is 225 g/mol. The molecule has 1 aromatic carbocycles. The van der Waals surface area contributed by atoms with Gasteiger partial charge in [-0.25, -0.2) is 4.39 Å². The molecule has 0 fully saturated rings. The van der Waals surface area contributed by atoms with Crippen molar-refractivity contribution in [3.05, 3.63) is 35.1 Å². The Morgan fingerprint density at radius 3 is 2.38 bits per heavy atom. The molecule has 0 bridgehead atoms. The minimum absolute atomic E-state index is 0.163. The zero-order chi connectivity index (χ0) is 12.1. The Morgan fingerprint density at radius 1 is 1.31 bits per heavy atom. The van der Waals surface area contributed by atoms with Gasteiger partial charge in [0.25, 0.3) is 0 Å². The molecule has 1 aromatic rings. The van der Waals surface area contributed by atoms with Gasteiger partial charge in [0.2, 0.25) is 0 Å². The normalized spacial score (nSPS) is 13.1. The Hall–Kier alpha value is -0.930. The molecule has 1 atom stereocenters. The van der Waals surface area contributed by atoms with Gasteiger partial charge >= 0.3 is 0 Å². The molecule has 1 rings (SSSR count). The van der Waals surface area contributed by atoms with E-state index in [1.165, 1.54) is 6.07 Å². The first-order valence-electron chi connectivity index (χ1n) is 5.79. The van der Waals surface area contributed by atoms with Gasteiger partial charge in [0.1, 0.15) is 5.82 Å². The van der Waals surface area contributed by atoms with Crippen LogP contribution < -0.4 is 5.73 Å². The van der Waals surface area contributed by atoms with Crippen LogP contribution >= 0.6 is 0 Å². The predicted molar refractivity (Wildman–Crippen MR) is 63.7 cm³/mol. The smallest absolute Gasteiger partial charge is 0.127 e. The number of aliphatic hydroxyl groups is 1. The molecular formula is C13H20FNO. The van der Waals surface area contributed by atoms with Gasteiger partial charge in [-0.05, 0) is 36.0 Å². The first-order chi connectivity index (χ1) is 7.63. The minimum Gasteiger partial charge on any atom is -0.394 e. The van der Waals surface area contributed by atoms with Gasteiger partial charge in [-0.1, -0.05) is 26.0 Å². The quantitative estimate of drug-likeness (QED) is 0.809. The topological polar surface area (TPSA) is 46.2 Å². The zero-order valence-corrected chi connectivity index (χ0v) is 9.91. The van der Waals surface area contributed by atoms with Crippen LogP contribution in [0.1, 0.15) is 49.8 Å². The second-order valence-corrected chi connectivity index (χ2v) is 4.08. The summed E-state index contributed by atoms with van der Waals surface area (Å²) >= 11 is 0. The lowest BCUT2D eigenvalue weighted by Crippen LogP contribution is -2.15. The molecule has 0 heterocycles. The second-order valence-electron chi connectivity index (χ2n) is 4.08. The molecule has 3 N–H and O–H groups in total. The van der Waals surface area contributed by atoms with E-state index in [9.17, 15) is 4.39 Å². The van der Waals surface area contributed by atoms with E-state index in [1.807, 2.05) is 0 Å². The van der Waals surface area contributed by atoms with Crippen LogP contribution in [0.25, 0.3) is 0 Å². The number of hydrogen-bond acceptors (Lipinski definition) is 2. The van der Waals surface area contributed by atoms with Crippen molar-refractivity contribution >= 4 is 0 Å². The molecule has 0 aliphatic rings. The molecule has 0 spiro atoms. The summed E-state index contributed by atoms with van der Waals surface area (Å²) in [5.41, 5.74) is 7.03. The lowest BCUT2D eigenvalue weighted by atomic mass is 9.92. The highest BCUT2D eigenvalue weighted by Gasteiger charge is 2.14. The summed E-state index contributed by atoms with van der Waals surface area (Å²) in [5, 5.41) is 8.90. The Bertz CT molecular complexity index is 337. The van der Waals surface area contributed by atoms with E-state index >= 15 is 0 Å². The molecule has 0 amide bonds. The standard InChI is InChI=1S/C13H20FNO/c1-3-9(4-2)11-6-5-10(7-12(11)14)13(15)8-16/h5-7,9,13,16H,3-4,8,15H2,1-2H3. The largest absolute Gasteiger partial charge is 0.394 e. The van der Waals surface area contributed by atoms with Crippen LogP contribution in [-0.2, 0) is 0 Å². The van der Waals surface area contributed by atoms with Gasteiger partial charge in [-0.15, -0.1) is 0 Å². The molecule has 0 saturated heterocycles. The van der Waals surface area contributed by atoms with Crippen LogP contribution in [0, 0.1) is 5.82 Å². The molecule has 0 saturated carbocycles. The van der Waals surface area contributed by atoms with Crippen LogP contribution in [0.4, 0.5) is 4.39 Å². The van der Waals surface area contributed by atoms with Crippen LogP contribution in [-0.4, -0.2) is 11.7 Å². The summed E-state index contributed by atoms with van der Waals surface area (Å²) in [4.78, 5) is 0. The fourth-order valence-electron chi connectivity index (χ4n) is 1.94. The maximum absolute atomic E-state index is 13.8. The zero-order valence-electron chi connectivity index (χ0n) is 9.91. The van der Waals surface area contributed by atoms with Crippen molar-refractivity contribution in [2.45, 2.75) is 38.6 Å². The van der Waals surface area contributed by atoms with E-state index in [-0.39, 0.29) is 18.3 Å². The third-order valence-corrected chi connectivity index (χ3v) is 3.07. The maximum Gasteiger partial charge on any atom is 0.127 e. The molecule has 0 aromatic heterocycles. The number of aliphatic hydroxyl groups excluding tert-OH is 1. The van der Waals surface area contributed by atoms with E-state index in [4.69, 9.17) is 10.8 Å². The Labute approximate surface area is 96.3 Å². The predicted octanol–water partition coefficient (Wildman–Crippen LogP) is 2.72. The monoisotopic (exact) mass is 225 g/mol. The highest BCUT2D eigenvalue weighted by molar-refractivity contribution is 5.29. The first kappa shape index (κ1) is 13.1. The molecule has 0 aliphatic heterocycles. The van der Waals surface area contributed by atoms with Crippen LogP contribution in [0.15, 0.2) is 18.2 Å². The Kier molecular flexibility index (Phi) is 4.90. The van der Waals surface area contributed by atoms with Crippen molar-refractivity contribution in [1.29, 1.82) is 0 Å². The van der Waals surface area contributed by atoms with Crippen molar-refractivity contribution in [1.82, 2.24) is 0 Å². The second kappa shape index (κ2) is 5.97. The molecule has 2 nitrogen and oxygen atoms in total. The van der Waals surface area contributed by atoms with Gasteiger partial charge in [0.05, 0.1) is 12.6 Å². The Morgan fingerprint density at radius 2 is 1.94 bits per heavy atom. The van der Waals surface area contributed by atoms with Crippen LogP contribution in [0.5, 0.6) is 0 Å². The molecule has 90 valence electrons. The molecule has 16 heavy (non-hydrogen) atoms. The van der Waals surface area contributed by atoms with Crippen LogP contribution in [0.2, 0.25) is 0 Å². The van der Waals surface area contributed by atoms with Crippen molar-refractivity contribution in [2.75, 3.05) is 6.61 Å². The molecule has 1 unspecified atom stereocenters. The lowest BCUT2D eigenvalue weighted by Gasteiger charge is -2.16. The molecule has 0 radical (unpaired) electrons. The van der Waals surface area contributed by atoms with Crippen LogP contribution in [0.3, 0.4) is 0 Å². The Balaban J connectivity index is 2.99. The van der Waals surface area contributed by atoms with Gasteiger partial charge in [-0.3, -0.25) is 0 Å². The van der Waals surface area contributed by atoms with Crippen molar-refractivity contribution in [2.24, 2.45) is 5.73 Å². The number of rotatable bonds is 5. The van der Waals surface area contributed by atoms with E-state index in [0.717, 1.165) is 18.4 Å². The van der Waals surface area contributed by atoms with Crippen molar-refractivity contribution in [3.63, 3.8) is 0 Å².